The zero-order valence-corrected chi connectivity index (χ0v) is 11.8. The molecule has 0 atom stereocenters. The van der Waals surface area contributed by atoms with E-state index in [1.165, 1.54) is 0 Å². The normalized spacial score (nSPS) is 10.7. The fraction of sp³-hybridized carbons (Fsp3) is 0.125. The minimum absolute atomic E-state index is 0.0581. The molecule has 0 spiro atoms. The number of rotatable bonds is 4. The summed E-state index contributed by atoms with van der Waals surface area (Å²) in [6.07, 6.45) is 0. The maximum Gasteiger partial charge on any atom is 0.159 e. The van der Waals surface area contributed by atoms with Crippen molar-refractivity contribution in [1.82, 2.24) is 4.98 Å². The second kappa shape index (κ2) is 5.43. The molecule has 0 saturated heterocycles. The average Bonchev–Trinajstić information content (AvgIpc) is 2.88. The number of fused-ring (bicyclic) bond motifs is 1. The Morgan fingerprint density at radius 1 is 1.15 bits per heavy atom. The zero-order valence-electron chi connectivity index (χ0n) is 11.0. The van der Waals surface area contributed by atoms with Gasteiger partial charge in [0.2, 0.25) is 0 Å². The highest BCUT2D eigenvalue weighted by atomic mass is 32.1. The number of benzene rings is 2. The van der Waals surface area contributed by atoms with Crippen molar-refractivity contribution in [1.29, 1.82) is 0 Å². The third kappa shape index (κ3) is 2.70. The summed E-state index contributed by atoms with van der Waals surface area (Å²) >= 11 is 1.63. The number of para-hydroxylation sites is 1. The van der Waals surface area contributed by atoms with Crippen LogP contribution in [0.3, 0.4) is 0 Å². The molecule has 3 aromatic rings. The van der Waals surface area contributed by atoms with Crippen LogP contribution in [0.15, 0.2) is 48.5 Å². The number of ketones is 1. The molecule has 3 nitrogen and oxygen atoms in total. The van der Waals surface area contributed by atoms with Crippen LogP contribution in [0.2, 0.25) is 0 Å². The molecule has 1 aromatic heterocycles. The lowest BCUT2D eigenvalue weighted by Crippen LogP contribution is -1.96. The average molecular weight is 283 g/mol. The molecular formula is C16H13NO2S. The topological polar surface area (TPSA) is 39.2 Å². The fourth-order valence-corrected chi connectivity index (χ4v) is 2.79. The molecule has 4 heteroatoms. The molecule has 2 aromatic carbocycles. The van der Waals surface area contributed by atoms with Crippen molar-refractivity contribution in [3.8, 4) is 5.75 Å². The van der Waals surface area contributed by atoms with Gasteiger partial charge >= 0.3 is 0 Å². The van der Waals surface area contributed by atoms with Crippen molar-refractivity contribution in [3.05, 3.63) is 59.1 Å². The van der Waals surface area contributed by atoms with Crippen molar-refractivity contribution in [2.75, 3.05) is 0 Å². The summed E-state index contributed by atoms with van der Waals surface area (Å²) in [5.74, 6) is 0.803. The third-order valence-corrected chi connectivity index (χ3v) is 3.97. The monoisotopic (exact) mass is 283 g/mol. The van der Waals surface area contributed by atoms with Gasteiger partial charge in [-0.3, -0.25) is 4.79 Å². The zero-order chi connectivity index (χ0) is 13.9. The molecule has 0 fully saturated rings. The summed E-state index contributed by atoms with van der Waals surface area (Å²) in [4.78, 5) is 15.7. The number of hydrogen-bond donors (Lipinski definition) is 0. The van der Waals surface area contributed by atoms with Gasteiger partial charge in [-0.25, -0.2) is 4.98 Å². The summed E-state index contributed by atoms with van der Waals surface area (Å²) in [6, 6.07) is 15.2. The van der Waals surface area contributed by atoms with E-state index in [0.29, 0.717) is 12.2 Å². The molecule has 3 rings (SSSR count). The number of Topliss-reactive ketones (excluding diaryl/α,β-unsaturated/α-hetero) is 1. The van der Waals surface area contributed by atoms with Crippen molar-refractivity contribution in [3.63, 3.8) is 0 Å². The highest BCUT2D eigenvalue weighted by molar-refractivity contribution is 7.18. The summed E-state index contributed by atoms with van der Waals surface area (Å²) in [5, 5.41) is 0.946. The first kappa shape index (κ1) is 12.8. The molecule has 20 heavy (non-hydrogen) atoms. The van der Waals surface area contributed by atoms with Gasteiger partial charge in [0.15, 0.2) is 5.78 Å². The molecule has 0 N–H and O–H groups in total. The Labute approximate surface area is 120 Å². The van der Waals surface area contributed by atoms with E-state index in [2.05, 4.69) is 11.1 Å². The van der Waals surface area contributed by atoms with Gasteiger partial charge in [0, 0.05) is 5.56 Å². The summed E-state index contributed by atoms with van der Waals surface area (Å²) in [5.41, 5.74) is 1.69. The predicted molar refractivity (Wildman–Crippen MR) is 80.4 cm³/mol. The standard InChI is InChI=1S/C16H13NO2S/c1-11(18)12-6-8-13(9-7-12)19-10-16-17-14-4-2-3-5-15(14)20-16/h2-9H,10H2,1H3. The van der Waals surface area contributed by atoms with Crippen LogP contribution in [0.4, 0.5) is 0 Å². The molecule has 0 aliphatic carbocycles. The number of thiazole rings is 1. The second-order valence-electron chi connectivity index (χ2n) is 4.44. The van der Waals surface area contributed by atoms with E-state index in [9.17, 15) is 4.79 Å². The van der Waals surface area contributed by atoms with Crippen molar-refractivity contribution in [2.45, 2.75) is 13.5 Å². The van der Waals surface area contributed by atoms with E-state index >= 15 is 0 Å². The minimum atomic E-state index is 0.0581. The highest BCUT2D eigenvalue weighted by Gasteiger charge is 2.04. The molecule has 1 heterocycles. The van der Waals surface area contributed by atoms with E-state index in [1.807, 2.05) is 30.3 Å². The van der Waals surface area contributed by atoms with Gasteiger partial charge in [0.25, 0.3) is 0 Å². The quantitative estimate of drug-likeness (QED) is 0.677. The van der Waals surface area contributed by atoms with Crippen LogP contribution in [0.25, 0.3) is 10.2 Å². The number of nitrogens with zero attached hydrogens (tertiary/aromatic N) is 1. The molecule has 0 saturated carbocycles. The molecule has 100 valence electrons. The van der Waals surface area contributed by atoms with Gasteiger partial charge in [-0.1, -0.05) is 12.1 Å². The maximum atomic E-state index is 11.2. The van der Waals surface area contributed by atoms with Crippen LogP contribution in [0, 0.1) is 0 Å². The SMILES string of the molecule is CC(=O)c1ccc(OCc2nc3ccccc3s2)cc1. The van der Waals surface area contributed by atoms with Gasteiger partial charge in [-0.15, -0.1) is 11.3 Å². The van der Waals surface area contributed by atoms with E-state index in [1.54, 1.807) is 30.4 Å². The lowest BCUT2D eigenvalue weighted by atomic mass is 10.1. The molecule has 0 amide bonds. The Morgan fingerprint density at radius 2 is 1.90 bits per heavy atom. The Hall–Kier alpha value is -2.20. The van der Waals surface area contributed by atoms with E-state index in [4.69, 9.17) is 4.74 Å². The first-order valence-corrected chi connectivity index (χ1v) is 7.12. The lowest BCUT2D eigenvalue weighted by Gasteiger charge is -2.04. The van der Waals surface area contributed by atoms with Crippen LogP contribution >= 0.6 is 11.3 Å². The van der Waals surface area contributed by atoms with Gasteiger partial charge in [-0.05, 0) is 43.3 Å². The van der Waals surface area contributed by atoms with Gasteiger partial charge in [0.05, 0.1) is 10.2 Å². The smallest absolute Gasteiger partial charge is 0.159 e. The Balaban J connectivity index is 1.71. The van der Waals surface area contributed by atoms with Gasteiger partial charge in [-0.2, -0.15) is 0 Å². The molecule has 0 unspecified atom stereocenters. The molecule has 0 bridgehead atoms. The van der Waals surface area contributed by atoms with Crippen molar-refractivity contribution >= 4 is 27.3 Å². The highest BCUT2D eigenvalue weighted by Crippen LogP contribution is 2.23. The lowest BCUT2D eigenvalue weighted by molar-refractivity contribution is 0.101. The molecule has 0 radical (unpaired) electrons. The summed E-state index contributed by atoms with van der Waals surface area (Å²) < 4.78 is 6.86. The second-order valence-corrected chi connectivity index (χ2v) is 5.56. The molecule has 0 aliphatic heterocycles. The Bertz CT molecular complexity index is 714. The van der Waals surface area contributed by atoms with Crippen molar-refractivity contribution in [2.24, 2.45) is 0 Å². The number of carbonyl (C=O) groups excluding carboxylic acids is 1. The number of ether oxygens (including phenoxy) is 1. The number of carbonyl (C=O) groups is 1. The van der Waals surface area contributed by atoms with Crippen LogP contribution in [0.5, 0.6) is 5.75 Å². The Kier molecular flexibility index (Phi) is 3.48. The Morgan fingerprint density at radius 3 is 2.60 bits per heavy atom. The van der Waals surface area contributed by atoms with E-state index in [-0.39, 0.29) is 5.78 Å². The van der Waals surface area contributed by atoms with Gasteiger partial charge < -0.3 is 4.74 Å². The number of hydrogen-bond acceptors (Lipinski definition) is 4. The molecular weight excluding hydrogens is 270 g/mol. The van der Waals surface area contributed by atoms with Gasteiger partial charge in [0.1, 0.15) is 17.4 Å². The fourth-order valence-electron chi connectivity index (χ4n) is 1.91. The van der Waals surface area contributed by atoms with Crippen LogP contribution < -0.4 is 4.74 Å². The number of aromatic nitrogens is 1. The maximum absolute atomic E-state index is 11.2. The minimum Gasteiger partial charge on any atom is -0.486 e. The van der Waals surface area contributed by atoms with E-state index < -0.39 is 0 Å². The molecule has 0 aliphatic rings. The predicted octanol–water partition coefficient (Wildman–Crippen LogP) is 4.08. The van der Waals surface area contributed by atoms with Crippen LogP contribution in [0.1, 0.15) is 22.3 Å². The van der Waals surface area contributed by atoms with Crippen molar-refractivity contribution < 1.29 is 9.53 Å². The summed E-state index contributed by atoms with van der Waals surface area (Å²) in [7, 11) is 0. The van der Waals surface area contributed by atoms with Crippen LogP contribution in [-0.2, 0) is 6.61 Å². The van der Waals surface area contributed by atoms with E-state index in [0.717, 1.165) is 21.0 Å². The first-order valence-electron chi connectivity index (χ1n) is 6.30. The summed E-state index contributed by atoms with van der Waals surface area (Å²) in [6.45, 7) is 2.00. The first-order chi connectivity index (χ1) is 9.72. The largest absolute Gasteiger partial charge is 0.486 e. The van der Waals surface area contributed by atoms with Crippen LogP contribution in [-0.4, -0.2) is 10.8 Å². The third-order valence-electron chi connectivity index (χ3n) is 2.96.